The van der Waals surface area contributed by atoms with Crippen LogP contribution in [-0.4, -0.2) is 5.92 Å². The molecule has 0 aliphatic rings. The van der Waals surface area contributed by atoms with E-state index in [2.05, 4.69) is 15.9 Å². The molecule has 0 spiro atoms. The second-order valence-electron chi connectivity index (χ2n) is 3.12. The molecule has 0 amide bonds. The van der Waals surface area contributed by atoms with Crippen LogP contribution in [0.4, 0.5) is 13.2 Å². The second-order valence-corrected chi connectivity index (χ2v) is 4.85. The van der Waals surface area contributed by atoms with Crippen LogP contribution in [0.2, 0.25) is 10.0 Å². The summed E-state index contributed by atoms with van der Waals surface area (Å²) < 4.78 is 38.9. The van der Waals surface area contributed by atoms with Crippen molar-refractivity contribution in [1.29, 1.82) is 0 Å². The predicted octanol–water partition coefficient (Wildman–Crippen LogP) is 5.22. The van der Waals surface area contributed by atoms with E-state index in [4.69, 9.17) is 23.2 Å². The van der Waals surface area contributed by atoms with Gasteiger partial charge >= 0.3 is 0 Å². The van der Waals surface area contributed by atoms with Gasteiger partial charge in [0.05, 0.1) is 10.0 Å². The number of hydrogen-bond acceptors (Lipinski definition) is 0. The van der Waals surface area contributed by atoms with Crippen molar-refractivity contribution in [2.24, 2.45) is 0 Å². The van der Waals surface area contributed by atoms with Gasteiger partial charge in [0.15, 0.2) is 5.82 Å². The summed E-state index contributed by atoms with van der Waals surface area (Å²) in [6, 6.07) is 2.25. The molecule has 0 bridgehead atoms. The number of halogens is 6. The molecule has 0 nitrogen and oxygen atoms in total. The van der Waals surface area contributed by atoms with Gasteiger partial charge in [-0.15, -0.1) is 0 Å². The van der Waals surface area contributed by atoms with Crippen LogP contribution in [0, 0.1) is 5.82 Å². The summed E-state index contributed by atoms with van der Waals surface area (Å²) in [6.07, 6.45) is 0. The third-order valence-electron chi connectivity index (χ3n) is 1.74. The Morgan fingerprint density at radius 1 is 1.27 bits per heavy atom. The molecule has 1 aromatic rings. The number of rotatable bonds is 2. The average Bonchev–Trinajstić information content (AvgIpc) is 2.10. The third kappa shape index (κ3) is 3.02. The van der Waals surface area contributed by atoms with Gasteiger partial charge in [-0.05, 0) is 17.7 Å². The van der Waals surface area contributed by atoms with Crippen molar-refractivity contribution in [3.05, 3.63) is 33.6 Å². The van der Waals surface area contributed by atoms with Gasteiger partial charge < -0.3 is 0 Å². The zero-order valence-corrected chi connectivity index (χ0v) is 10.6. The van der Waals surface area contributed by atoms with E-state index >= 15 is 0 Å². The van der Waals surface area contributed by atoms with Crippen molar-refractivity contribution in [3.63, 3.8) is 0 Å². The Balaban J connectivity index is 3.17. The van der Waals surface area contributed by atoms with E-state index in [-0.39, 0.29) is 15.6 Å². The zero-order valence-electron chi connectivity index (χ0n) is 7.50. The lowest BCUT2D eigenvalue weighted by Crippen LogP contribution is -2.17. The first-order valence-electron chi connectivity index (χ1n) is 3.90. The predicted molar refractivity (Wildman–Crippen MR) is 58.7 cm³/mol. The smallest absolute Gasteiger partial charge is 0.206 e. The largest absolute Gasteiger partial charge is 0.261 e. The lowest BCUT2D eigenvalue weighted by molar-refractivity contribution is 0.0213. The quantitative estimate of drug-likeness (QED) is 0.517. The molecule has 84 valence electrons. The Kier molecular flexibility index (Phi) is 3.95. The molecule has 6 heteroatoms. The highest BCUT2D eigenvalue weighted by Crippen LogP contribution is 2.40. The topological polar surface area (TPSA) is 0 Å². The highest BCUT2D eigenvalue weighted by Gasteiger charge is 2.33. The van der Waals surface area contributed by atoms with Crippen molar-refractivity contribution in [1.82, 2.24) is 0 Å². The minimum atomic E-state index is -2.98. The maximum Gasteiger partial charge on any atom is 0.261 e. The van der Waals surface area contributed by atoms with E-state index in [0.717, 1.165) is 19.1 Å². The van der Waals surface area contributed by atoms with Crippen LogP contribution < -0.4 is 0 Å². The summed E-state index contributed by atoms with van der Waals surface area (Å²) in [5.41, 5.74) is 0.138. The molecule has 1 aromatic carbocycles. The lowest BCUT2D eigenvalue weighted by atomic mass is 10.1. The Hall–Kier alpha value is 0.0700. The summed E-state index contributed by atoms with van der Waals surface area (Å²) in [4.78, 5) is -1.25. The molecule has 0 N–H and O–H groups in total. The van der Waals surface area contributed by atoms with Crippen LogP contribution in [0.1, 0.15) is 17.3 Å². The fraction of sp³-hybridized carbons (Fsp3) is 0.333. The van der Waals surface area contributed by atoms with Crippen LogP contribution in [0.5, 0.6) is 0 Å². The van der Waals surface area contributed by atoms with Gasteiger partial charge in [-0.1, -0.05) is 39.1 Å². The number of alkyl halides is 3. The van der Waals surface area contributed by atoms with Gasteiger partial charge in [0.1, 0.15) is 4.83 Å². The SMILES string of the molecule is CC(F)(F)C(Br)c1cc(Cl)c(F)c(Cl)c1. The molecule has 1 atom stereocenters. The zero-order chi connectivity index (χ0) is 11.8. The minimum absolute atomic E-state index is 0.138. The molecule has 0 radical (unpaired) electrons. The first kappa shape index (κ1) is 13.1. The highest BCUT2D eigenvalue weighted by molar-refractivity contribution is 9.09. The van der Waals surface area contributed by atoms with Crippen LogP contribution >= 0.6 is 39.1 Å². The monoisotopic (exact) mass is 320 g/mol. The molecular weight excluding hydrogens is 316 g/mol. The molecule has 0 saturated carbocycles. The maximum absolute atomic E-state index is 13.0. The minimum Gasteiger partial charge on any atom is -0.206 e. The van der Waals surface area contributed by atoms with E-state index in [1.54, 1.807) is 0 Å². The molecule has 0 fully saturated rings. The van der Waals surface area contributed by atoms with E-state index in [1.807, 2.05) is 0 Å². The first-order valence-corrected chi connectivity index (χ1v) is 5.57. The van der Waals surface area contributed by atoms with E-state index in [0.29, 0.717) is 0 Å². The van der Waals surface area contributed by atoms with E-state index in [9.17, 15) is 13.2 Å². The fourth-order valence-corrected chi connectivity index (χ4v) is 1.78. The Bertz CT molecular complexity index is 353. The Morgan fingerprint density at radius 2 is 1.67 bits per heavy atom. The second kappa shape index (κ2) is 4.52. The van der Waals surface area contributed by atoms with Gasteiger partial charge in [-0.3, -0.25) is 0 Å². The maximum atomic E-state index is 13.0. The summed E-state index contributed by atoms with van der Waals surface area (Å²) in [6.45, 7) is 0.748. The van der Waals surface area contributed by atoms with Crippen LogP contribution in [0.3, 0.4) is 0 Å². The van der Waals surface area contributed by atoms with Crippen molar-refractivity contribution in [3.8, 4) is 0 Å². The van der Waals surface area contributed by atoms with Gasteiger partial charge in [0, 0.05) is 6.92 Å². The normalized spacial score (nSPS) is 14.1. The highest BCUT2D eigenvalue weighted by atomic mass is 79.9. The Morgan fingerprint density at radius 3 is 2.00 bits per heavy atom. The first-order chi connectivity index (χ1) is 6.73. The summed E-state index contributed by atoms with van der Waals surface area (Å²) in [7, 11) is 0. The third-order valence-corrected chi connectivity index (χ3v) is 3.63. The van der Waals surface area contributed by atoms with E-state index in [1.165, 1.54) is 0 Å². The van der Waals surface area contributed by atoms with Gasteiger partial charge in [-0.25, -0.2) is 13.2 Å². The van der Waals surface area contributed by atoms with Gasteiger partial charge in [0.25, 0.3) is 5.92 Å². The van der Waals surface area contributed by atoms with Crippen LogP contribution in [0.25, 0.3) is 0 Å². The molecule has 15 heavy (non-hydrogen) atoms. The molecule has 0 saturated heterocycles. The average molecular weight is 322 g/mol. The standard InChI is InChI=1S/C9H6BrCl2F3/c1-9(14,15)8(10)4-2-5(11)7(13)6(12)3-4/h2-3,8H,1H3. The molecule has 0 heterocycles. The van der Waals surface area contributed by atoms with Crippen LogP contribution in [-0.2, 0) is 0 Å². The molecule has 0 aliphatic heterocycles. The summed E-state index contributed by atoms with van der Waals surface area (Å²) in [5, 5.41) is -0.544. The summed E-state index contributed by atoms with van der Waals surface area (Å²) in [5.74, 6) is -3.79. The molecular formula is C9H6BrCl2F3. The number of hydrogen-bond donors (Lipinski definition) is 0. The van der Waals surface area contributed by atoms with Crippen molar-refractivity contribution in [2.45, 2.75) is 17.7 Å². The fourth-order valence-electron chi connectivity index (χ4n) is 1.01. The Labute approximate surface area is 103 Å². The van der Waals surface area contributed by atoms with Crippen molar-refractivity contribution < 1.29 is 13.2 Å². The molecule has 0 aliphatic carbocycles. The molecule has 0 aromatic heterocycles. The lowest BCUT2D eigenvalue weighted by Gasteiger charge is -2.18. The van der Waals surface area contributed by atoms with Crippen LogP contribution in [0.15, 0.2) is 12.1 Å². The molecule has 1 rings (SSSR count). The number of benzene rings is 1. The van der Waals surface area contributed by atoms with Gasteiger partial charge in [-0.2, -0.15) is 0 Å². The molecule has 1 unspecified atom stereocenters. The van der Waals surface area contributed by atoms with E-state index < -0.39 is 16.6 Å². The summed E-state index contributed by atoms with van der Waals surface area (Å²) >= 11 is 13.8. The van der Waals surface area contributed by atoms with Gasteiger partial charge in [0.2, 0.25) is 0 Å². The van der Waals surface area contributed by atoms with Crippen molar-refractivity contribution >= 4 is 39.1 Å². The van der Waals surface area contributed by atoms with Crippen molar-refractivity contribution in [2.75, 3.05) is 0 Å².